The Hall–Kier alpha value is -1.02. The molecule has 0 aromatic heterocycles. The second kappa shape index (κ2) is 7.31. The second-order valence-electron chi connectivity index (χ2n) is 4.93. The van der Waals surface area contributed by atoms with Crippen LogP contribution in [0.4, 0.5) is 4.39 Å². The van der Waals surface area contributed by atoms with E-state index in [0.717, 1.165) is 0 Å². The zero-order valence-electron chi connectivity index (χ0n) is 12.9. The van der Waals surface area contributed by atoms with E-state index < -0.39 is 15.8 Å². The molecule has 1 aromatic carbocycles. The number of nitrogens with two attached hydrogens (primary N) is 1. The van der Waals surface area contributed by atoms with Gasteiger partial charge < -0.3 is 10.5 Å². The minimum atomic E-state index is -3.71. The molecule has 0 aliphatic rings. The Morgan fingerprint density at radius 1 is 1.43 bits per heavy atom. The first kappa shape index (κ1) is 18.0. The van der Waals surface area contributed by atoms with Gasteiger partial charge in [0.05, 0.1) is 11.5 Å². The first-order chi connectivity index (χ1) is 9.79. The molecule has 0 bridgehead atoms. The van der Waals surface area contributed by atoms with E-state index in [4.69, 9.17) is 10.5 Å². The molecule has 0 aliphatic carbocycles. The Bertz CT molecular complexity index is 590. The number of likely N-dealkylation sites (N-methyl/N-ethyl adjacent to an activating group) is 1. The lowest BCUT2D eigenvalue weighted by molar-refractivity contribution is 0.142. The Morgan fingerprint density at radius 2 is 2.05 bits per heavy atom. The van der Waals surface area contributed by atoms with Crippen LogP contribution in [-0.4, -0.2) is 39.0 Å². The maximum absolute atomic E-state index is 13.8. The van der Waals surface area contributed by atoms with Gasteiger partial charge in [0.1, 0.15) is 5.82 Å². The molecular weight excluding hydrogens is 295 g/mol. The first-order valence-electron chi connectivity index (χ1n) is 6.79. The van der Waals surface area contributed by atoms with Crippen LogP contribution in [0.3, 0.4) is 0 Å². The number of rotatable bonds is 7. The highest BCUT2D eigenvalue weighted by molar-refractivity contribution is 7.89. The Kier molecular flexibility index (Phi) is 6.27. The summed E-state index contributed by atoms with van der Waals surface area (Å²) in [6.45, 7) is 5.60. The Balaban J connectivity index is 3.32. The minimum Gasteiger partial charge on any atom is -0.383 e. The molecule has 2 N–H and O–H groups in total. The first-order valence-corrected chi connectivity index (χ1v) is 8.23. The third-order valence-electron chi connectivity index (χ3n) is 3.34. The average Bonchev–Trinajstić information content (AvgIpc) is 2.42. The van der Waals surface area contributed by atoms with Crippen LogP contribution in [0.2, 0.25) is 0 Å². The minimum absolute atomic E-state index is 0.0459. The average molecular weight is 318 g/mol. The molecule has 5 nitrogen and oxygen atoms in total. The highest BCUT2D eigenvalue weighted by Gasteiger charge is 2.28. The second-order valence-corrected chi connectivity index (χ2v) is 6.82. The molecular formula is C14H23FN2O3S. The predicted molar refractivity (Wildman–Crippen MR) is 79.9 cm³/mol. The van der Waals surface area contributed by atoms with Gasteiger partial charge in [0.2, 0.25) is 10.0 Å². The third-order valence-corrected chi connectivity index (χ3v) is 5.41. The van der Waals surface area contributed by atoms with Gasteiger partial charge in [-0.15, -0.1) is 0 Å². The maximum Gasteiger partial charge on any atom is 0.243 e. The van der Waals surface area contributed by atoms with Gasteiger partial charge in [0, 0.05) is 31.8 Å². The summed E-state index contributed by atoms with van der Waals surface area (Å²) in [7, 11) is -2.19. The number of benzene rings is 1. The fraction of sp³-hybridized carbons (Fsp3) is 0.571. The van der Waals surface area contributed by atoms with Gasteiger partial charge in [0.15, 0.2) is 0 Å². The van der Waals surface area contributed by atoms with Crippen molar-refractivity contribution in [2.75, 3.05) is 20.3 Å². The van der Waals surface area contributed by atoms with Crippen molar-refractivity contribution < 1.29 is 17.5 Å². The summed E-state index contributed by atoms with van der Waals surface area (Å²) in [5, 5.41) is 0. The lowest BCUT2D eigenvalue weighted by Crippen LogP contribution is -2.40. The SMILES string of the molecule is CCN(C(C)COC)S(=O)(=O)c1cc(C)c(F)c(CN)c1. The van der Waals surface area contributed by atoms with E-state index in [1.807, 2.05) is 0 Å². The molecule has 1 atom stereocenters. The molecule has 0 radical (unpaired) electrons. The van der Waals surface area contributed by atoms with Crippen LogP contribution in [0, 0.1) is 12.7 Å². The standard InChI is InChI=1S/C14H23FN2O3S/c1-5-17(11(3)9-20-4)21(18,19)13-6-10(2)14(15)12(7-13)8-16/h6-7,11H,5,8-9,16H2,1-4H3. The third kappa shape index (κ3) is 3.79. The molecule has 120 valence electrons. The van der Waals surface area contributed by atoms with Crippen LogP contribution in [-0.2, 0) is 21.3 Å². The molecule has 0 saturated carbocycles. The van der Waals surface area contributed by atoms with Crippen LogP contribution in [0.5, 0.6) is 0 Å². The van der Waals surface area contributed by atoms with Crippen molar-refractivity contribution in [3.63, 3.8) is 0 Å². The lowest BCUT2D eigenvalue weighted by atomic mass is 10.1. The molecule has 0 amide bonds. The van der Waals surface area contributed by atoms with Crippen molar-refractivity contribution in [3.05, 3.63) is 29.1 Å². The number of aryl methyl sites for hydroxylation is 1. The number of methoxy groups -OCH3 is 1. The van der Waals surface area contributed by atoms with Gasteiger partial charge in [-0.2, -0.15) is 4.31 Å². The maximum atomic E-state index is 13.8. The molecule has 0 spiro atoms. The van der Waals surface area contributed by atoms with Crippen molar-refractivity contribution in [2.45, 2.75) is 38.3 Å². The number of hydrogen-bond acceptors (Lipinski definition) is 4. The summed E-state index contributed by atoms with van der Waals surface area (Å²) in [6, 6.07) is 2.34. The molecule has 7 heteroatoms. The molecule has 1 rings (SSSR count). The Morgan fingerprint density at radius 3 is 2.52 bits per heavy atom. The van der Waals surface area contributed by atoms with Gasteiger partial charge in [0.25, 0.3) is 0 Å². The molecule has 0 aliphatic heterocycles. The zero-order chi connectivity index (χ0) is 16.2. The van der Waals surface area contributed by atoms with Crippen molar-refractivity contribution in [2.24, 2.45) is 5.73 Å². The lowest BCUT2D eigenvalue weighted by Gasteiger charge is -2.27. The van der Waals surface area contributed by atoms with E-state index in [9.17, 15) is 12.8 Å². The molecule has 0 heterocycles. The van der Waals surface area contributed by atoms with Crippen LogP contribution < -0.4 is 5.73 Å². The van der Waals surface area contributed by atoms with Crippen LogP contribution >= 0.6 is 0 Å². The summed E-state index contributed by atoms with van der Waals surface area (Å²) in [5.74, 6) is -0.454. The van der Waals surface area contributed by atoms with E-state index in [1.54, 1.807) is 13.8 Å². The number of nitrogens with zero attached hydrogens (tertiary/aromatic N) is 1. The van der Waals surface area contributed by atoms with Crippen molar-refractivity contribution in [1.29, 1.82) is 0 Å². The molecule has 1 aromatic rings. The van der Waals surface area contributed by atoms with Crippen molar-refractivity contribution in [1.82, 2.24) is 4.31 Å². The van der Waals surface area contributed by atoms with E-state index in [2.05, 4.69) is 0 Å². The van der Waals surface area contributed by atoms with Gasteiger partial charge in [-0.3, -0.25) is 0 Å². The molecule has 0 saturated heterocycles. The van der Waals surface area contributed by atoms with Gasteiger partial charge in [-0.25, -0.2) is 12.8 Å². The fourth-order valence-electron chi connectivity index (χ4n) is 2.28. The number of halogens is 1. The normalized spacial score (nSPS) is 13.7. The smallest absolute Gasteiger partial charge is 0.243 e. The summed E-state index contributed by atoms with van der Waals surface area (Å²) >= 11 is 0. The van der Waals surface area contributed by atoms with E-state index in [-0.39, 0.29) is 35.2 Å². The topological polar surface area (TPSA) is 72.6 Å². The number of ether oxygens (including phenoxy) is 1. The van der Waals surface area contributed by atoms with Crippen LogP contribution in [0.25, 0.3) is 0 Å². The van der Waals surface area contributed by atoms with Crippen LogP contribution in [0.1, 0.15) is 25.0 Å². The summed E-state index contributed by atoms with van der Waals surface area (Å²) in [4.78, 5) is 0.0617. The number of hydrogen-bond donors (Lipinski definition) is 1. The monoisotopic (exact) mass is 318 g/mol. The van der Waals surface area contributed by atoms with Crippen LogP contribution in [0.15, 0.2) is 17.0 Å². The van der Waals surface area contributed by atoms with Gasteiger partial charge >= 0.3 is 0 Å². The molecule has 0 fully saturated rings. The highest BCUT2D eigenvalue weighted by Crippen LogP contribution is 2.23. The fourth-order valence-corrected chi connectivity index (χ4v) is 4.04. The number of sulfonamides is 1. The summed E-state index contributed by atoms with van der Waals surface area (Å²) in [5.41, 5.74) is 5.95. The quantitative estimate of drug-likeness (QED) is 0.829. The largest absolute Gasteiger partial charge is 0.383 e. The predicted octanol–water partition coefficient (Wildman–Crippen LogP) is 1.64. The van der Waals surface area contributed by atoms with E-state index >= 15 is 0 Å². The summed E-state index contributed by atoms with van der Waals surface area (Å²) in [6.07, 6.45) is 0. The Labute approximate surface area is 125 Å². The molecule has 1 unspecified atom stereocenters. The summed E-state index contributed by atoms with van der Waals surface area (Å²) < 4.78 is 45.6. The molecule has 21 heavy (non-hydrogen) atoms. The van der Waals surface area contributed by atoms with Crippen molar-refractivity contribution in [3.8, 4) is 0 Å². The zero-order valence-corrected chi connectivity index (χ0v) is 13.7. The van der Waals surface area contributed by atoms with Gasteiger partial charge in [-0.05, 0) is 31.5 Å². The highest BCUT2D eigenvalue weighted by atomic mass is 32.2. The van der Waals surface area contributed by atoms with Gasteiger partial charge in [-0.1, -0.05) is 6.92 Å². The van der Waals surface area contributed by atoms with Crippen molar-refractivity contribution >= 4 is 10.0 Å². The van der Waals surface area contributed by atoms with E-state index in [0.29, 0.717) is 6.54 Å². The van der Waals surface area contributed by atoms with E-state index in [1.165, 1.54) is 30.5 Å².